The van der Waals surface area contributed by atoms with Crippen LogP contribution in [0.1, 0.15) is 19.8 Å². The van der Waals surface area contributed by atoms with E-state index in [0.717, 1.165) is 6.42 Å². The number of anilines is 1. The molecule has 0 saturated heterocycles. The zero-order chi connectivity index (χ0) is 15.8. The van der Waals surface area contributed by atoms with Crippen molar-refractivity contribution >= 4 is 17.3 Å². The third-order valence-electron chi connectivity index (χ3n) is 2.54. The molecule has 112 valence electrons. The van der Waals surface area contributed by atoms with Crippen LogP contribution in [0.5, 0.6) is 5.75 Å². The van der Waals surface area contributed by atoms with Crippen LogP contribution in [-0.2, 0) is 4.79 Å². The monoisotopic (exact) mass is 292 g/mol. The van der Waals surface area contributed by atoms with Gasteiger partial charge < -0.3 is 15.2 Å². The molecule has 0 saturated carbocycles. The molecule has 0 aliphatic carbocycles. The summed E-state index contributed by atoms with van der Waals surface area (Å²) in [5.41, 5.74) is 0.0916. The number of benzene rings is 1. The van der Waals surface area contributed by atoms with Crippen LogP contribution in [0.3, 0.4) is 0 Å². The van der Waals surface area contributed by atoms with Crippen molar-refractivity contribution in [3.63, 3.8) is 0 Å². The molecule has 1 aromatic rings. The lowest BCUT2D eigenvalue weighted by molar-refractivity contribution is -0.384. The molecule has 7 heteroatoms. The van der Waals surface area contributed by atoms with E-state index in [1.807, 2.05) is 6.92 Å². The molecule has 0 fully saturated rings. The Morgan fingerprint density at radius 2 is 2.29 bits per heavy atom. The number of carbonyl (C=O) groups is 1. The summed E-state index contributed by atoms with van der Waals surface area (Å²) in [6.45, 7) is 2.32. The number of carboxylic acids is 1. The van der Waals surface area contributed by atoms with E-state index >= 15 is 0 Å². The van der Waals surface area contributed by atoms with Crippen molar-refractivity contribution < 1.29 is 19.6 Å². The molecule has 1 atom stereocenters. The molecule has 2 N–H and O–H groups in total. The molecule has 21 heavy (non-hydrogen) atoms. The van der Waals surface area contributed by atoms with E-state index in [1.54, 1.807) is 0 Å². The van der Waals surface area contributed by atoms with E-state index in [0.29, 0.717) is 12.4 Å². The van der Waals surface area contributed by atoms with E-state index in [2.05, 4.69) is 11.2 Å². The van der Waals surface area contributed by atoms with E-state index < -0.39 is 16.9 Å². The summed E-state index contributed by atoms with van der Waals surface area (Å²) in [7, 11) is 0. The molecule has 1 rings (SSSR count). The van der Waals surface area contributed by atoms with Gasteiger partial charge in [-0.15, -0.1) is 12.3 Å². The standard InChI is InChI=1S/C14H16N2O5/c1-3-5-13(14(17)18)15-10-7-11(16(19)20)9-12(8-10)21-6-4-2/h1,7-9,13,15H,4-6H2,2H3,(H,17,18). The predicted octanol–water partition coefficient (Wildman–Crippen LogP) is 2.27. The van der Waals surface area contributed by atoms with E-state index in [1.165, 1.54) is 18.2 Å². The molecule has 7 nitrogen and oxygen atoms in total. The summed E-state index contributed by atoms with van der Waals surface area (Å²) >= 11 is 0. The number of non-ortho nitro benzene ring substituents is 1. The summed E-state index contributed by atoms with van der Waals surface area (Å²) in [5, 5.41) is 22.6. The van der Waals surface area contributed by atoms with Crippen molar-refractivity contribution in [2.75, 3.05) is 11.9 Å². The molecule has 0 radical (unpaired) electrons. The first kappa shape index (κ1) is 16.3. The maximum atomic E-state index is 11.0. The van der Waals surface area contributed by atoms with Crippen molar-refractivity contribution in [3.05, 3.63) is 28.3 Å². The molecule has 0 aliphatic heterocycles. The van der Waals surface area contributed by atoms with Gasteiger partial charge >= 0.3 is 5.97 Å². The van der Waals surface area contributed by atoms with Gasteiger partial charge in [0.25, 0.3) is 5.69 Å². The van der Waals surface area contributed by atoms with Crippen LogP contribution in [-0.4, -0.2) is 28.6 Å². The van der Waals surface area contributed by atoms with Crippen LogP contribution >= 0.6 is 0 Å². The normalized spacial score (nSPS) is 11.2. The molecule has 0 aromatic heterocycles. The van der Waals surface area contributed by atoms with Crippen molar-refractivity contribution in [2.45, 2.75) is 25.8 Å². The van der Waals surface area contributed by atoms with Crippen LogP contribution in [0.2, 0.25) is 0 Å². The smallest absolute Gasteiger partial charge is 0.327 e. The summed E-state index contributed by atoms with van der Waals surface area (Å²) < 4.78 is 5.36. The highest BCUT2D eigenvalue weighted by atomic mass is 16.6. The number of hydrogen-bond acceptors (Lipinski definition) is 5. The minimum atomic E-state index is -1.13. The first-order valence-corrected chi connectivity index (χ1v) is 6.33. The average molecular weight is 292 g/mol. The number of nitrogens with zero attached hydrogens (tertiary/aromatic N) is 1. The maximum absolute atomic E-state index is 11.0. The van der Waals surface area contributed by atoms with Gasteiger partial charge in [-0.2, -0.15) is 0 Å². The highest BCUT2D eigenvalue weighted by Crippen LogP contribution is 2.27. The van der Waals surface area contributed by atoms with Gasteiger partial charge in [0.2, 0.25) is 0 Å². The van der Waals surface area contributed by atoms with Gasteiger partial charge in [-0.05, 0) is 6.42 Å². The number of rotatable bonds is 8. The van der Waals surface area contributed by atoms with Crippen LogP contribution in [0, 0.1) is 22.5 Å². The van der Waals surface area contributed by atoms with Crippen LogP contribution in [0.25, 0.3) is 0 Å². The number of terminal acetylenes is 1. The number of ether oxygens (including phenoxy) is 1. The van der Waals surface area contributed by atoms with Gasteiger partial charge in [-0.1, -0.05) is 6.92 Å². The van der Waals surface area contributed by atoms with Gasteiger partial charge in [0.05, 0.1) is 17.6 Å². The van der Waals surface area contributed by atoms with Crippen molar-refractivity contribution in [2.24, 2.45) is 0 Å². The van der Waals surface area contributed by atoms with Gasteiger partial charge in [-0.25, -0.2) is 4.79 Å². The molecular weight excluding hydrogens is 276 g/mol. The Kier molecular flexibility index (Phi) is 6.01. The average Bonchev–Trinajstić information content (AvgIpc) is 2.44. The Hall–Kier alpha value is -2.75. The molecule has 0 aliphatic rings. The van der Waals surface area contributed by atoms with Gasteiger partial charge in [0, 0.05) is 24.2 Å². The number of nitro benzene ring substituents is 1. The number of carboxylic acid groups (broad SMARTS) is 1. The van der Waals surface area contributed by atoms with Crippen LogP contribution in [0.4, 0.5) is 11.4 Å². The first-order valence-electron chi connectivity index (χ1n) is 6.33. The molecule has 0 spiro atoms. The van der Waals surface area contributed by atoms with Gasteiger partial charge in [0.15, 0.2) is 0 Å². The zero-order valence-corrected chi connectivity index (χ0v) is 11.5. The number of nitro groups is 1. The number of hydrogen-bond donors (Lipinski definition) is 2. The highest BCUT2D eigenvalue weighted by molar-refractivity contribution is 5.78. The highest BCUT2D eigenvalue weighted by Gasteiger charge is 2.18. The molecule has 1 aromatic carbocycles. The SMILES string of the molecule is C#CCC(Nc1cc(OCCC)cc([N+](=O)[O-])c1)C(=O)O. The summed E-state index contributed by atoms with van der Waals surface area (Å²) in [6.07, 6.45) is 5.82. The Balaban J connectivity index is 3.04. The second-order valence-corrected chi connectivity index (χ2v) is 4.26. The number of nitrogens with one attached hydrogen (secondary N) is 1. The fraction of sp³-hybridized carbons (Fsp3) is 0.357. The second-order valence-electron chi connectivity index (χ2n) is 4.26. The lowest BCUT2D eigenvalue weighted by Crippen LogP contribution is -2.28. The quantitative estimate of drug-likeness (QED) is 0.433. The zero-order valence-electron chi connectivity index (χ0n) is 11.5. The Morgan fingerprint density at radius 3 is 2.81 bits per heavy atom. The largest absolute Gasteiger partial charge is 0.493 e. The molecular formula is C14H16N2O5. The fourth-order valence-corrected chi connectivity index (χ4v) is 1.59. The van der Waals surface area contributed by atoms with E-state index in [4.69, 9.17) is 16.3 Å². The third kappa shape index (κ3) is 5.03. The summed E-state index contributed by atoms with van der Waals surface area (Å²) in [6, 6.07) is 3.02. The minimum Gasteiger partial charge on any atom is -0.493 e. The lowest BCUT2D eigenvalue weighted by Gasteiger charge is -2.14. The van der Waals surface area contributed by atoms with Gasteiger partial charge in [-0.3, -0.25) is 10.1 Å². The van der Waals surface area contributed by atoms with Gasteiger partial charge in [0.1, 0.15) is 11.8 Å². The number of aliphatic carboxylic acids is 1. The van der Waals surface area contributed by atoms with Crippen LogP contribution in [0.15, 0.2) is 18.2 Å². The molecule has 0 heterocycles. The minimum absolute atomic E-state index is 0.0385. The lowest BCUT2D eigenvalue weighted by atomic mass is 10.2. The van der Waals surface area contributed by atoms with E-state index in [-0.39, 0.29) is 17.8 Å². The van der Waals surface area contributed by atoms with Crippen LogP contribution < -0.4 is 10.1 Å². The Morgan fingerprint density at radius 1 is 1.57 bits per heavy atom. The van der Waals surface area contributed by atoms with Crippen molar-refractivity contribution in [1.82, 2.24) is 0 Å². The fourth-order valence-electron chi connectivity index (χ4n) is 1.59. The topological polar surface area (TPSA) is 102 Å². The molecule has 1 unspecified atom stereocenters. The predicted molar refractivity (Wildman–Crippen MR) is 77.4 cm³/mol. The Bertz CT molecular complexity index is 565. The first-order chi connectivity index (χ1) is 9.97. The summed E-state index contributed by atoms with van der Waals surface area (Å²) in [4.78, 5) is 21.4. The molecule has 0 bridgehead atoms. The van der Waals surface area contributed by atoms with Crippen molar-refractivity contribution in [1.29, 1.82) is 0 Å². The van der Waals surface area contributed by atoms with Crippen molar-refractivity contribution in [3.8, 4) is 18.1 Å². The maximum Gasteiger partial charge on any atom is 0.327 e. The Labute approximate surface area is 122 Å². The molecule has 0 amide bonds. The second kappa shape index (κ2) is 7.75. The van der Waals surface area contributed by atoms with E-state index in [9.17, 15) is 14.9 Å². The third-order valence-corrected chi connectivity index (χ3v) is 2.54. The summed E-state index contributed by atoms with van der Waals surface area (Å²) in [5.74, 6) is 1.42.